The number of nitrogens with one attached hydrogen (secondary N) is 1. The maximum Gasteiger partial charge on any atom is 0.255 e. The van der Waals surface area contributed by atoms with Gasteiger partial charge in [-0.2, -0.15) is 0 Å². The third-order valence-corrected chi connectivity index (χ3v) is 6.70. The Morgan fingerprint density at radius 3 is 2.53 bits per heavy atom. The van der Waals surface area contributed by atoms with Crippen molar-refractivity contribution in [1.82, 2.24) is 14.8 Å². The number of rotatable bonds is 9. The van der Waals surface area contributed by atoms with Crippen LogP contribution in [-0.4, -0.2) is 34.4 Å². The second-order valence-corrected chi connectivity index (χ2v) is 8.76. The summed E-state index contributed by atoms with van der Waals surface area (Å²) in [6.07, 6.45) is 5.75. The van der Waals surface area contributed by atoms with E-state index < -0.39 is 0 Å². The minimum absolute atomic E-state index is 0.0653. The predicted molar refractivity (Wildman–Crippen MR) is 129 cm³/mol. The van der Waals surface area contributed by atoms with Gasteiger partial charge < -0.3 is 14.8 Å². The van der Waals surface area contributed by atoms with Gasteiger partial charge in [0.15, 0.2) is 0 Å². The van der Waals surface area contributed by atoms with Crippen molar-refractivity contribution in [2.75, 3.05) is 13.1 Å². The number of fused-ring (bicyclic) bond motifs is 2. The zero-order valence-electron chi connectivity index (χ0n) is 19.4. The Balaban J connectivity index is 1.61. The lowest BCUT2D eigenvalue weighted by Crippen LogP contribution is -2.40. The Bertz CT molecular complexity index is 1130. The van der Waals surface area contributed by atoms with Crippen LogP contribution in [0.25, 0.3) is 10.9 Å². The largest absolute Gasteiger partial charge is 0.355 e. The van der Waals surface area contributed by atoms with E-state index in [1.54, 1.807) is 4.90 Å². The monoisotopic (exact) mass is 431 g/mol. The lowest BCUT2D eigenvalue weighted by Gasteiger charge is -2.26. The molecule has 0 bridgehead atoms. The van der Waals surface area contributed by atoms with Crippen LogP contribution in [0.2, 0.25) is 0 Å². The molecular formula is C27H33N3O2. The van der Waals surface area contributed by atoms with Crippen molar-refractivity contribution < 1.29 is 9.59 Å². The fourth-order valence-corrected chi connectivity index (χ4v) is 4.91. The van der Waals surface area contributed by atoms with E-state index >= 15 is 0 Å². The second kappa shape index (κ2) is 9.60. The quantitative estimate of drug-likeness (QED) is 0.478. The van der Waals surface area contributed by atoms with Crippen LogP contribution in [0.4, 0.5) is 0 Å². The molecule has 1 aliphatic heterocycles. The summed E-state index contributed by atoms with van der Waals surface area (Å²) < 4.78 is 2.17. The molecule has 1 atom stereocenters. The van der Waals surface area contributed by atoms with Crippen molar-refractivity contribution in [3.8, 4) is 0 Å². The van der Waals surface area contributed by atoms with Crippen LogP contribution in [-0.2, 0) is 11.8 Å². The van der Waals surface area contributed by atoms with Crippen molar-refractivity contribution >= 4 is 22.7 Å². The molecule has 1 unspecified atom stereocenters. The highest BCUT2D eigenvalue weighted by Crippen LogP contribution is 2.43. The van der Waals surface area contributed by atoms with Gasteiger partial charge >= 0.3 is 0 Å². The van der Waals surface area contributed by atoms with Crippen LogP contribution >= 0.6 is 0 Å². The van der Waals surface area contributed by atoms with E-state index in [2.05, 4.69) is 42.9 Å². The van der Waals surface area contributed by atoms with Gasteiger partial charge in [-0.25, -0.2) is 0 Å². The molecule has 0 saturated heterocycles. The van der Waals surface area contributed by atoms with Crippen LogP contribution in [0, 0.1) is 6.92 Å². The molecule has 168 valence electrons. The molecule has 0 radical (unpaired) electrons. The summed E-state index contributed by atoms with van der Waals surface area (Å²) in [5.74, 6) is -0.166. The first-order valence-corrected chi connectivity index (χ1v) is 11.7. The standard InChI is InChI=1S/C27H33N3O2/c1-4-5-6-7-12-17-28-24(31)18-30-26(20-13-8-9-14-21(20)27(30)32)25-19(2)29(3)23-16-11-10-15-22(23)25/h8-11,13-16,26H,4-7,12,17-18H2,1-3H3,(H,28,31). The Morgan fingerprint density at radius 1 is 1.00 bits per heavy atom. The molecule has 4 rings (SSSR count). The van der Waals surface area contributed by atoms with Gasteiger partial charge in [-0.05, 0) is 31.0 Å². The Labute approximate surface area is 190 Å². The fraction of sp³-hybridized carbons (Fsp3) is 0.407. The molecule has 1 N–H and O–H groups in total. The van der Waals surface area contributed by atoms with Crippen LogP contribution in [0.3, 0.4) is 0 Å². The minimum Gasteiger partial charge on any atom is -0.355 e. The number of aromatic nitrogens is 1. The maximum atomic E-state index is 13.4. The van der Waals surface area contributed by atoms with E-state index in [0.29, 0.717) is 12.1 Å². The van der Waals surface area contributed by atoms with Crippen LogP contribution in [0.5, 0.6) is 0 Å². The second-order valence-electron chi connectivity index (χ2n) is 8.76. The summed E-state index contributed by atoms with van der Waals surface area (Å²) in [7, 11) is 2.05. The molecule has 5 heteroatoms. The van der Waals surface area contributed by atoms with E-state index in [4.69, 9.17) is 0 Å². The van der Waals surface area contributed by atoms with Crippen molar-refractivity contribution in [2.45, 2.75) is 52.0 Å². The number of nitrogens with zero attached hydrogens (tertiary/aromatic N) is 2. The first-order valence-electron chi connectivity index (χ1n) is 11.7. The smallest absolute Gasteiger partial charge is 0.255 e. The molecule has 0 spiro atoms. The highest BCUT2D eigenvalue weighted by Gasteiger charge is 2.40. The third kappa shape index (κ3) is 4.04. The van der Waals surface area contributed by atoms with Gasteiger partial charge in [0.1, 0.15) is 6.54 Å². The molecule has 5 nitrogen and oxygen atoms in total. The van der Waals surface area contributed by atoms with Crippen molar-refractivity contribution in [3.63, 3.8) is 0 Å². The van der Waals surface area contributed by atoms with Crippen molar-refractivity contribution in [1.29, 1.82) is 0 Å². The lowest BCUT2D eigenvalue weighted by molar-refractivity contribution is -0.122. The number of aryl methyl sites for hydroxylation is 1. The fourth-order valence-electron chi connectivity index (χ4n) is 4.91. The number of hydrogen-bond acceptors (Lipinski definition) is 2. The van der Waals surface area contributed by atoms with E-state index in [1.807, 2.05) is 36.4 Å². The molecule has 2 amide bonds. The van der Waals surface area contributed by atoms with E-state index in [9.17, 15) is 9.59 Å². The summed E-state index contributed by atoms with van der Waals surface area (Å²) in [4.78, 5) is 27.9. The van der Waals surface area contributed by atoms with Crippen molar-refractivity contribution in [3.05, 3.63) is 70.9 Å². The van der Waals surface area contributed by atoms with Crippen molar-refractivity contribution in [2.24, 2.45) is 7.05 Å². The molecule has 2 aromatic carbocycles. The SMILES string of the molecule is CCCCCCCNC(=O)CN1C(=O)c2ccccc2C1c1c(C)n(C)c2ccccc12. The number of hydrogen-bond donors (Lipinski definition) is 1. The van der Waals surface area contributed by atoms with Crippen LogP contribution in [0.15, 0.2) is 48.5 Å². The Hall–Kier alpha value is -3.08. The number of carbonyl (C=O) groups excluding carboxylic acids is 2. The van der Waals surface area contributed by atoms with E-state index in [-0.39, 0.29) is 24.4 Å². The molecule has 1 aliphatic rings. The number of para-hydroxylation sites is 1. The summed E-state index contributed by atoms with van der Waals surface area (Å²) in [5, 5.41) is 4.15. The zero-order valence-corrected chi connectivity index (χ0v) is 19.4. The number of unbranched alkanes of at least 4 members (excludes halogenated alkanes) is 4. The molecule has 32 heavy (non-hydrogen) atoms. The number of benzene rings is 2. The minimum atomic E-state index is -0.264. The van der Waals surface area contributed by atoms with Gasteiger partial charge in [-0.1, -0.05) is 69.0 Å². The summed E-state index contributed by atoms with van der Waals surface area (Å²) in [5.41, 5.74) is 5.02. The summed E-state index contributed by atoms with van der Waals surface area (Å²) in [6.45, 7) is 5.02. The number of carbonyl (C=O) groups is 2. The summed E-state index contributed by atoms with van der Waals surface area (Å²) >= 11 is 0. The van der Waals surface area contributed by atoms with Crippen LogP contribution < -0.4 is 5.32 Å². The third-order valence-electron chi connectivity index (χ3n) is 6.70. The first-order chi connectivity index (χ1) is 15.5. The lowest BCUT2D eigenvalue weighted by atomic mass is 9.95. The highest BCUT2D eigenvalue weighted by atomic mass is 16.2. The van der Waals surface area contributed by atoms with Gasteiger partial charge in [0, 0.05) is 41.3 Å². The molecule has 0 aliphatic carbocycles. The zero-order chi connectivity index (χ0) is 22.7. The highest BCUT2D eigenvalue weighted by molar-refractivity contribution is 6.02. The van der Waals surface area contributed by atoms with Gasteiger partial charge in [-0.3, -0.25) is 9.59 Å². The molecule has 0 fully saturated rings. The molecular weight excluding hydrogens is 398 g/mol. The molecule has 1 aromatic heterocycles. The summed E-state index contributed by atoms with van der Waals surface area (Å²) in [6, 6.07) is 15.8. The average molecular weight is 432 g/mol. The van der Waals surface area contributed by atoms with Gasteiger partial charge in [0.25, 0.3) is 5.91 Å². The van der Waals surface area contributed by atoms with Gasteiger partial charge in [0.2, 0.25) is 5.91 Å². The van der Waals surface area contributed by atoms with Gasteiger partial charge in [0.05, 0.1) is 6.04 Å². The first kappa shape index (κ1) is 22.1. The van der Waals surface area contributed by atoms with Crippen LogP contribution in [0.1, 0.15) is 72.2 Å². The average Bonchev–Trinajstić information content (AvgIpc) is 3.21. The van der Waals surface area contributed by atoms with Gasteiger partial charge in [-0.15, -0.1) is 0 Å². The molecule has 0 saturated carbocycles. The number of amides is 2. The Kier molecular flexibility index (Phi) is 6.63. The Morgan fingerprint density at radius 2 is 1.72 bits per heavy atom. The topological polar surface area (TPSA) is 54.3 Å². The van der Waals surface area contributed by atoms with E-state index in [0.717, 1.165) is 40.6 Å². The molecule has 3 aromatic rings. The predicted octanol–water partition coefficient (Wildman–Crippen LogP) is 5.12. The normalized spacial score (nSPS) is 15.4. The molecule has 2 heterocycles. The van der Waals surface area contributed by atoms with E-state index in [1.165, 1.54) is 19.3 Å². The maximum absolute atomic E-state index is 13.4.